The molecule has 2 heterocycles. The summed E-state index contributed by atoms with van der Waals surface area (Å²) in [5, 5.41) is 39.7. The second-order valence-corrected chi connectivity index (χ2v) is 11.5. The van der Waals surface area contributed by atoms with Crippen LogP contribution in [-0.2, 0) is 11.2 Å². The molecule has 10 nitrogen and oxygen atoms in total. The molecule has 46 heavy (non-hydrogen) atoms. The number of aryl methyl sites for hydroxylation is 1. The molecule has 10 heteroatoms. The highest BCUT2D eigenvalue weighted by molar-refractivity contribution is 6.02. The highest BCUT2D eigenvalue weighted by Gasteiger charge is 2.32. The molecule has 0 saturated heterocycles. The summed E-state index contributed by atoms with van der Waals surface area (Å²) in [6, 6.07) is 8.50. The lowest BCUT2D eigenvalue weighted by Crippen LogP contribution is -2.28. The molecule has 242 valence electrons. The lowest BCUT2D eigenvalue weighted by Gasteiger charge is -2.31. The number of methoxy groups -OCH3 is 1. The van der Waals surface area contributed by atoms with E-state index in [1.807, 2.05) is 39.8 Å². The Hall–Kier alpha value is -5.38. The minimum atomic E-state index is -0.694. The average Bonchev–Trinajstić information content (AvgIpc) is 2.96. The number of phenols is 3. The number of fused-ring (bicyclic) bond motifs is 3. The van der Waals surface area contributed by atoms with Crippen LogP contribution in [0.4, 0.5) is 0 Å². The normalized spacial score (nSPS) is 12.8. The van der Waals surface area contributed by atoms with Gasteiger partial charge in [0.15, 0.2) is 5.58 Å². The first-order valence-corrected chi connectivity index (χ1v) is 14.6. The van der Waals surface area contributed by atoms with Gasteiger partial charge in [-0.3, -0.25) is 0 Å². The van der Waals surface area contributed by atoms with Gasteiger partial charge in [0.2, 0.25) is 0 Å². The third kappa shape index (κ3) is 6.81. The van der Waals surface area contributed by atoms with Gasteiger partial charge in [-0.05, 0) is 89.4 Å². The van der Waals surface area contributed by atoms with Gasteiger partial charge in [-0.2, -0.15) is 0 Å². The van der Waals surface area contributed by atoms with E-state index in [4.69, 9.17) is 23.7 Å². The largest absolute Gasteiger partial charge is 0.508 e. The van der Waals surface area contributed by atoms with Gasteiger partial charge in [-0.15, -0.1) is 0 Å². The minimum Gasteiger partial charge on any atom is -0.508 e. The first kappa shape index (κ1) is 33.5. The monoisotopic (exact) mass is 630 g/mol. The second-order valence-electron chi connectivity index (χ2n) is 11.5. The summed E-state index contributed by atoms with van der Waals surface area (Å²) >= 11 is 0. The predicted octanol–water partition coefficient (Wildman–Crippen LogP) is 7.16. The van der Waals surface area contributed by atoms with Crippen LogP contribution in [0.3, 0.4) is 0 Å². The number of allylic oxidation sites excluding steroid dienone is 2. The molecule has 1 aromatic heterocycles. The maximum atomic E-state index is 12.9. The number of aromatic hydroxyl groups is 4. The van der Waals surface area contributed by atoms with Gasteiger partial charge in [-0.1, -0.05) is 23.8 Å². The van der Waals surface area contributed by atoms with Crippen LogP contribution < -0.4 is 15.1 Å². The van der Waals surface area contributed by atoms with Crippen molar-refractivity contribution < 1.29 is 43.8 Å². The van der Waals surface area contributed by atoms with E-state index >= 15 is 0 Å². The molecule has 0 aliphatic carbocycles. The van der Waals surface area contributed by atoms with Crippen molar-refractivity contribution in [1.82, 2.24) is 0 Å². The van der Waals surface area contributed by atoms with Crippen molar-refractivity contribution in [3.63, 3.8) is 0 Å². The number of ether oxygens (including phenoxy) is 3. The molecule has 1 aliphatic heterocycles. The van der Waals surface area contributed by atoms with Gasteiger partial charge in [-0.25, -0.2) is 9.59 Å². The number of esters is 1. The quantitative estimate of drug-likeness (QED) is 0.0980. The predicted molar refractivity (Wildman–Crippen MR) is 175 cm³/mol. The number of carbonyl (C=O) groups is 1. The molecule has 0 unspecified atom stereocenters. The van der Waals surface area contributed by atoms with Crippen molar-refractivity contribution in [2.75, 3.05) is 13.7 Å². The zero-order valence-electron chi connectivity index (χ0n) is 26.8. The lowest BCUT2D eigenvalue weighted by molar-refractivity contribution is 0.0522. The Balaban J connectivity index is 0.000000288. The number of benzene rings is 3. The van der Waals surface area contributed by atoms with E-state index in [0.29, 0.717) is 40.0 Å². The van der Waals surface area contributed by atoms with Gasteiger partial charge in [0.25, 0.3) is 0 Å². The molecule has 0 amide bonds. The maximum Gasteiger partial charge on any atom is 0.348 e. The van der Waals surface area contributed by atoms with E-state index in [-0.39, 0.29) is 46.3 Å². The topological polar surface area (TPSA) is 156 Å². The maximum absolute atomic E-state index is 12.9. The molecule has 5 rings (SSSR count). The van der Waals surface area contributed by atoms with E-state index in [2.05, 4.69) is 6.08 Å². The van der Waals surface area contributed by atoms with Crippen molar-refractivity contribution >= 4 is 23.0 Å². The van der Waals surface area contributed by atoms with E-state index in [1.54, 1.807) is 26.0 Å². The van der Waals surface area contributed by atoms with E-state index in [0.717, 1.165) is 17.2 Å². The number of rotatable bonds is 6. The molecule has 0 radical (unpaired) electrons. The van der Waals surface area contributed by atoms with Gasteiger partial charge < -0.3 is 39.1 Å². The number of hydrogen-bond acceptors (Lipinski definition) is 10. The zero-order chi connectivity index (χ0) is 33.9. The van der Waals surface area contributed by atoms with Crippen molar-refractivity contribution in [2.45, 2.75) is 53.6 Å². The first-order chi connectivity index (χ1) is 21.7. The van der Waals surface area contributed by atoms with Crippen LogP contribution >= 0.6 is 0 Å². The first-order valence-electron chi connectivity index (χ1n) is 14.6. The highest BCUT2D eigenvalue weighted by atomic mass is 16.5. The Morgan fingerprint density at radius 1 is 1.02 bits per heavy atom. The Morgan fingerprint density at radius 2 is 1.70 bits per heavy atom. The fourth-order valence-corrected chi connectivity index (χ4v) is 5.11. The molecule has 4 aromatic rings. The molecule has 0 saturated carbocycles. The molecule has 3 aromatic carbocycles. The van der Waals surface area contributed by atoms with E-state index < -0.39 is 17.2 Å². The van der Waals surface area contributed by atoms with Crippen LogP contribution in [0, 0.1) is 6.92 Å². The van der Waals surface area contributed by atoms with Crippen molar-refractivity contribution in [3.8, 4) is 45.6 Å². The molecule has 0 spiro atoms. The molecule has 0 fully saturated rings. The van der Waals surface area contributed by atoms with Crippen LogP contribution in [0.5, 0.6) is 34.5 Å². The Bertz CT molecular complexity index is 1880. The molecule has 1 aliphatic rings. The van der Waals surface area contributed by atoms with Gasteiger partial charge >= 0.3 is 11.6 Å². The van der Waals surface area contributed by atoms with Crippen LogP contribution in [0.1, 0.15) is 61.7 Å². The summed E-state index contributed by atoms with van der Waals surface area (Å²) in [5.74, 6) is -0.142. The molecular weight excluding hydrogens is 592 g/mol. The van der Waals surface area contributed by atoms with Crippen LogP contribution in [0.15, 0.2) is 63.3 Å². The SMILES string of the molecule is CCOC(=O)c1c(C)cc(O)cc1O.COc1c(CC=C(C)C)c2c(c3oc(=O)c(-c4ccc(O)cc4)c(O)c13)C=CC(C)(C)O2. The van der Waals surface area contributed by atoms with Gasteiger partial charge in [0, 0.05) is 11.6 Å². The third-order valence-corrected chi connectivity index (χ3v) is 7.23. The van der Waals surface area contributed by atoms with Crippen molar-refractivity contribution in [2.24, 2.45) is 0 Å². The summed E-state index contributed by atoms with van der Waals surface area (Å²) in [7, 11) is 1.52. The van der Waals surface area contributed by atoms with Crippen molar-refractivity contribution in [3.05, 3.63) is 86.8 Å². The van der Waals surface area contributed by atoms with E-state index in [9.17, 15) is 24.9 Å². The fourth-order valence-electron chi connectivity index (χ4n) is 5.11. The van der Waals surface area contributed by atoms with Gasteiger partial charge in [0.1, 0.15) is 56.6 Å². The highest BCUT2D eigenvalue weighted by Crippen LogP contribution is 2.49. The fraction of sp³-hybridized carbons (Fsp3) is 0.278. The summed E-state index contributed by atoms with van der Waals surface area (Å²) < 4.78 is 22.5. The van der Waals surface area contributed by atoms with Crippen LogP contribution in [0.2, 0.25) is 0 Å². The Kier molecular flexibility index (Phi) is 9.70. The Labute approximate surface area is 266 Å². The van der Waals surface area contributed by atoms with Crippen LogP contribution in [-0.4, -0.2) is 45.7 Å². The van der Waals surface area contributed by atoms with E-state index in [1.165, 1.54) is 25.3 Å². The Morgan fingerprint density at radius 3 is 2.28 bits per heavy atom. The lowest BCUT2D eigenvalue weighted by atomic mass is 9.93. The molecular formula is C36H38O10. The summed E-state index contributed by atoms with van der Waals surface area (Å²) in [4.78, 5) is 24.3. The molecule has 0 bridgehead atoms. The standard InChI is InChI=1S/C26H26O6.C10H12O4/c1-14(2)6-11-17-22-18(12-13-26(3,4)32-22)24-20(23(17)30-5)21(28)19(25(29)31-24)15-7-9-16(27)10-8-15;1-3-14-10(13)9-6(2)4-7(11)5-8(9)12/h6-10,12-13,27-28H,11H2,1-5H3;4-5,11-12H,3H2,1-2H3. The summed E-state index contributed by atoms with van der Waals surface area (Å²) in [6.45, 7) is 11.4. The number of carbonyl (C=O) groups excluding carboxylic acids is 1. The third-order valence-electron chi connectivity index (χ3n) is 7.23. The van der Waals surface area contributed by atoms with Crippen molar-refractivity contribution in [1.29, 1.82) is 0 Å². The average molecular weight is 631 g/mol. The summed E-state index contributed by atoms with van der Waals surface area (Å²) in [6.07, 6.45) is 6.31. The minimum absolute atomic E-state index is 0.00458. The molecule has 4 N–H and O–H groups in total. The number of hydrogen-bond donors (Lipinski definition) is 4. The van der Waals surface area contributed by atoms with Crippen LogP contribution in [0.25, 0.3) is 28.2 Å². The summed E-state index contributed by atoms with van der Waals surface area (Å²) in [5.41, 5.74) is 2.44. The molecule has 0 atom stereocenters. The zero-order valence-corrected chi connectivity index (χ0v) is 26.8. The second kappa shape index (κ2) is 13.3. The smallest absolute Gasteiger partial charge is 0.348 e. The van der Waals surface area contributed by atoms with Gasteiger partial charge in [0.05, 0.1) is 19.3 Å². The number of phenolic OH excluding ortho intramolecular Hbond substituents is 3.